The van der Waals surface area contributed by atoms with Crippen molar-refractivity contribution in [1.29, 1.82) is 0 Å². The molecular weight excluding hydrogens is 419 g/mol. The fourth-order valence-corrected chi connectivity index (χ4v) is 3.21. The van der Waals surface area contributed by atoms with Gasteiger partial charge in [-0.25, -0.2) is 0 Å². The highest BCUT2D eigenvalue weighted by Gasteiger charge is 2.43. The van der Waals surface area contributed by atoms with E-state index in [0.717, 1.165) is 0 Å². The molecule has 2 aromatic rings. The summed E-state index contributed by atoms with van der Waals surface area (Å²) in [7, 11) is 1.41. The second-order valence-corrected chi connectivity index (χ2v) is 6.86. The Morgan fingerprint density at radius 2 is 2.00 bits per heavy atom. The van der Waals surface area contributed by atoms with Gasteiger partial charge in [0.1, 0.15) is 7.11 Å². The molecule has 2 aromatic carbocycles. The molecule has 0 radical (unpaired) electrons. The maximum Gasteiger partial charge on any atom is 0.433 e. The van der Waals surface area contributed by atoms with Crippen molar-refractivity contribution in [2.45, 2.75) is 19.1 Å². The topological polar surface area (TPSA) is 63.0 Å². The number of hydrogen-bond acceptors (Lipinski definition) is 4. The number of nitrogens with one attached hydrogen (secondary N) is 1. The summed E-state index contributed by atoms with van der Waals surface area (Å²) in [6, 6.07) is 11.2. The maximum atomic E-state index is 13.2. The van der Waals surface area contributed by atoms with Gasteiger partial charge in [0.05, 0.1) is 22.9 Å². The molecule has 3 rings (SSSR count). The van der Waals surface area contributed by atoms with Crippen molar-refractivity contribution in [3.63, 3.8) is 0 Å². The van der Waals surface area contributed by atoms with Crippen LogP contribution >= 0.6 is 11.6 Å². The molecule has 1 heterocycles. The van der Waals surface area contributed by atoms with Crippen LogP contribution in [0, 0.1) is 0 Å². The monoisotopic (exact) mass is 435 g/mol. The third-order valence-electron chi connectivity index (χ3n) is 4.29. The minimum absolute atomic E-state index is 0.346. The molecule has 1 amide bonds. The Morgan fingerprint density at radius 1 is 1.27 bits per heavy atom. The van der Waals surface area contributed by atoms with E-state index in [1.54, 1.807) is 42.5 Å². The smallest absolute Gasteiger partial charge is 0.399 e. The number of nitrogens with zero attached hydrogens (tertiary/aromatic N) is 2. The highest BCUT2D eigenvalue weighted by molar-refractivity contribution is 6.33. The lowest BCUT2D eigenvalue weighted by Gasteiger charge is -2.14. The minimum atomic E-state index is -4.71. The van der Waals surface area contributed by atoms with Crippen LogP contribution in [0.1, 0.15) is 12.5 Å². The van der Waals surface area contributed by atoms with Crippen LogP contribution in [-0.4, -0.2) is 37.2 Å². The van der Waals surface area contributed by atoms with E-state index in [0.29, 0.717) is 27.4 Å². The lowest BCUT2D eigenvalue weighted by molar-refractivity contribution is -0.113. The Bertz CT molecular complexity index is 1060. The fraction of sp³-hybridized carbons (Fsp3) is 0.190. The zero-order valence-corrected chi connectivity index (χ0v) is 16.8. The van der Waals surface area contributed by atoms with Gasteiger partial charge in [0.15, 0.2) is 5.71 Å². The van der Waals surface area contributed by atoms with Crippen molar-refractivity contribution < 1.29 is 22.8 Å². The van der Waals surface area contributed by atoms with Gasteiger partial charge >= 0.3 is 6.18 Å². The number of carbonyl (C=O) groups is 1. The van der Waals surface area contributed by atoms with E-state index < -0.39 is 29.4 Å². The molecule has 0 saturated carbocycles. The summed E-state index contributed by atoms with van der Waals surface area (Å²) < 4.78 is 39.6. The highest BCUT2D eigenvalue weighted by Crippen LogP contribution is 2.33. The second kappa shape index (κ2) is 8.71. The van der Waals surface area contributed by atoms with E-state index in [2.05, 4.69) is 20.3 Å². The number of aliphatic imine (C=N–C) groups is 1. The van der Waals surface area contributed by atoms with Crippen molar-refractivity contribution in [3.8, 4) is 11.1 Å². The molecule has 1 aliphatic rings. The van der Waals surface area contributed by atoms with Gasteiger partial charge in [0.2, 0.25) is 0 Å². The standard InChI is InChI=1S/C21H17ClF3N3O2/c1-12-9-16(19(27-12)21(23,24)25)20(29)28-18-6-4-3-5-15(18)13-7-8-14(11-26-30-2)17(22)10-13/h3-12H,1-2H3,(H,28,29)/b26-11+. The summed E-state index contributed by atoms with van der Waals surface area (Å²) in [5, 5.41) is 6.62. The third kappa shape index (κ3) is 4.71. The summed E-state index contributed by atoms with van der Waals surface area (Å²) in [4.78, 5) is 20.8. The van der Waals surface area contributed by atoms with Crippen LogP contribution in [0.5, 0.6) is 0 Å². The Balaban J connectivity index is 1.91. The zero-order chi connectivity index (χ0) is 21.9. The van der Waals surface area contributed by atoms with Crippen LogP contribution in [0.4, 0.5) is 18.9 Å². The van der Waals surface area contributed by atoms with E-state index in [9.17, 15) is 18.0 Å². The normalized spacial score (nSPS) is 16.4. The molecule has 0 saturated heterocycles. The molecule has 0 bridgehead atoms. The van der Waals surface area contributed by atoms with E-state index >= 15 is 0 Å². The van der Waals surface area contributed by atoms with E-state index in [-0.39, 0.29) is 0 Å². The molecule has 1 unspecified atom stereocenters. The average Bonchev–Trinajstić information content (AvgIpc) is 3.10. The van der Waals surface area contributed by atoms with Crippen LogP contribution < -0.4 is 5.32 Å². The van der Waals surface area contributed by atoms with Crippen LogP contribution in [0.15, 0.2) is 64.3 Å². The summed E-state index contributed by atoms with van der Waals surface area (Å²) in [6.07, 6.45) is -2.06. The third-order valence-corrected chi connectivity index (χ3v) is 4.62. The molecule has 0 aromatic heterocycles. The van der Waals surface area contributed by atoms with Gasteiger partial charge in [0, 0.05) is 16.8 Å². The molecule has 1 atom stereocenters. The molecule has 9 heteroatoms. The molecule has 0 fully saturated rings. The van der Waals surface area contributed by atoms with E-state index in [1.807, 2.05) is 0 Å². The SMILES string of the molecule is CO/N=C/c1ccc(-c2ccccc2NC(=O)C2=CC(C)N=C2C(F)(F)F)cc1Cl. The van der Waals surface area contributed by atoms with Gasteiger partial charge in [-0.15, -0.1) is 0 Å². The van der Waals surface area contributed by atoms with Crippen LogP contribution in [-0.2, 0) is 9.63 Å². The molecule has 30 heavy (non-hydrogen) atoms. The lowest BCUT2D eigenvalue weighted by atomic mass is 10.0. The van der Waals surface area contributed by atoms with Gasteiger partial charge < -0.3 is 10.2 Å². The fourth-order valence-electron chi connectivity index (χ4n) is 2.98. The first-order chi connectivity index (χ1) is 14.2. The molecule has 0 spiro atoms. The van der Waals surface area contributed by atoms with Gasteiger partial charge in [-0.05, 0) is 30.7 Å². The van der Waals surface area contributed by atoms with Gasteiger partial charge in [0.25, 0.3) is 5.91 Å². The zero-order valence-electron chi connectivity index (χ0n) is 16.0. The molecular formula is C21H17ClF3N3O2. The number of benzene rings is 2. The van der Waals surface area contributed by atoms with Crippen molar-refractivity contribution in [1.82, 2.24) is 0 Å². The number of carbonyl (C=O) groups excluding carboxylic acids is 1. The number of alkyl halides is 3. The second-order valence-electron chi connectivity index (χ2n) is 6.45. The Kier molecular flexibility index (Phi) is 6.26. The summed E-state index contributed by atoms with van der Waals surface area (Å²) in [5.41, 5.74) is 0.576. The largest absolute Gasteiger partial charge is 0.433 e. The predicted molar refractivity (Wildman–Crippen MR) is 111 cm³/mol. The maximum absolute atomic E-state index is 13.2. The van der Waals surface area contributed by atoms with Crippen molar-refractivity contribution >= 4 is 35.1 Å². The first-order valence-electron chi connectivity index (χ1n) is 8.84. The van der Waals surface area contributed by atoms with Gasteiger partial charge in [-0.3, -0.25) is 9.79 Å². The number of oxime groups is 1. The first-order valence-corrected chi connectivity index (χ1v) is 9.22. The molecule has 1 aliphatic heterocycles. The van der Waals surface area contributed by atoms with Gasteiger partial charge in [-0.1, -0.05) is 47.1 Å². The number of rotatable bonds is 5. The quantitative estimate of drug-likeness (QED) is 0.514. The molecule has 1 N–H and O–H groups in total. The van der Waals surface area contributed by atoms with E-state index in [1.165, 1.54) is 26.3 Å². The molecule has 156 valence electrons. The number of para-hydroxylation sites is 1. The summed E-state index contributed by atoms with van der Waals surface area (Å²) >= 11 is 6.28. The Hall–Kier alpha value is -3.13. The highest BCUT2D eigenvalue weighted by atomic mass is 35.5. The summed E-state index contributed by atoms with van der Waals surface area (Å²) in [5.74, 6) is -0.877. The average molecular weight is 436 g/mol. The van der Waals surface area contributed by atoms with Crippen LogP contribution in [0.3, 0.4) is 0 Å². The summed E-state index contributed by atoms with van der Waals surface area (Å²) in [6.45, 7) is 1.48. The predicted octanol–water partition coefficient (Wildman–Crippen LogP) is 5.26. The minimum Gasteiger partial charge on any atom is -0.399 e. The van der Waals surface area contributed by atoms with Crippen LogP contribution in [0.25, 0.3) is 11.1 Å². The first kappa shape index (κ1) is 21.6. The van der Waals surface area contributed by atoms with Crippen molar-refractivity contribution in [2.75, 3.05) is 12.4 Å². The number of halogens is 4. The van der Waals surface area contributed by atoms with Crippen molar-refractivity contribution in [2.24, 2.45) is 10.1 Å². The van der Waals surface area contributed by atoms with Crippen molar-refractivity contribution in [3.05, 3.63) is 64.7 Å². The number of hydrogen-bond donors (Lipinski definition) is 1. The number of amides is 1. The lowest BCUT2D eigenvalue weighted by Crippen LogP contribution is -2.29. The number of anilines is 1. The van der Waals surface area contributed by atoms with Crippen LogP contribution in [0.2, 0.25) is 5.02 Å². The molecule has 0 aliphatic carbocycles. The molecule has 5 nitrogen and oxygen atoms in total. The Morgan fingerprint density at radius 3 is 2.67 bits per heavy atom. The Labute approximate surface area is 175 Å². The van der Waals surface area contributed by atoms with Gasteiger partial charge in [-0.2, -0.15) is 13.2 Å². The van der Waals surface area contributed by atoms with E-state index in [4.69, 9.17) is 11.6 Å².